The second-order valence-electron chi connectivity index (χ2n) is 32.0. The van der Waals surface area contributed by atoms with Gasteiger partial charge in [-0.15, -0.1) is 6.58 Å². The van der Waals surface area contributed by atoms with Gasteiger partial charge in [0.15, 0.2) is 25.0 Å². The molecule has 0 saturated carbocycles. The van der Waals surface area contributed by atoms with Crippen molar-refractivity contribution in [3.63, 3.8) is 0 Å². The van der Waals surface area contributed by atoms with E-state index in [-0.39, 0.29) is 70.0 Å². The van der Waals surface area contributed by atoms with Crippen LogP contribution in [-0.4, -0.2) is 283 Å². The molecule has 4 aromatic heterocycles. The van der Waals surface area contributed by atoms with Crippen molar-refractivity contribution in [3.8, 4) is 0 Å². The van der Waals surface area contributed by atoms with Crippen LogP contribution in [0.3, 0.4) is 0 Å². The molecule has 30 heteroatoms. The monoisotopic (exact) mass is 1440 g/mol. The lowest BCUT2D eigenvalue weighted by Gasteiger charge is -2.36. The molecule has 4 unspecified atom stereocenters. The first-order chi connectivity index (χ1) is 46.8. The summed E-state index contributed by atoms with van der Waals surface area (Å²) in [7, 11) is 4.68. The molecular formula is C70H116N17O10Si3+. The smallest absolute Gasteiger partial charge is 0.345 e. The van der Waals surface area contributed by atoms with Crippen LogP contribution in [0.1, 0.15) is 85.1 Å². The van der Waals surface area contributed by atoms with E-state index in [0.717, 1.165) is 83.0 Å². The number of nitrogens with zero attached hydrogens (tertiary/aromatic N) is 16. The Morgan fingerprint density at radius 1 is 0.490 bits per heavy atom. The predicted molar refractivity (Wildman–Crippen MR) is 396 cm³/mol. The average molecular weight is 1440 g/mol. The van der Waals surface area contributed by atoms with Crippen molar-refractivity contribution in [3.05, 3.63) is 109 Å². The van der Waals surface area contributed by atoms with E-state index in [1.807, 2.05) is 85.4 Å². The molecule has 0 radical (unpaired) electrons. The third-order valence-corrected chi connectivity index (χ3v) is 34.4. The molecule has 27 nitrogen and oxygen atoms in total. The molecule has 12 rings (SSSR count). The molecule has 0 aromatic carbocycles. The van der Waals surface area contributed by atoms with Gasteiger partial charge < -0.3 is 52.7 Å². The number of aromatic nitrogens is 8. The fraction of sp³-hybridized carbons (Fsp3) is 0.629. The van der Waals surface area contributed by atoms with Crippen LogP contribution >= 0.6 is 0 Å². The summed E-state index contributed by atoms with van der Waals surface area (Å²) in [5.74, 6) is 0. The van der Waals surface area contributed by atoms with Gasteiger partial charge in [0.1, 0.15) is 0 Å². The molecule has 0 aliphatic carbocycles. The number of hydrogen-bond donors (Lipinski definition) is 3. The standard InChI is InChI=1S/C20H32N4O3Si.C18H30N4O2Si.C17H28N4O3Si.C12H16N4O2.C3H9N/c1-7-11-26-24-18-13-17(14-22(15-18)19(24)25)23-16(8-10-21-23)9-12-27-28(5,6)20(2,3)4;1-18(2,3)25(5,6)24-10-8-14-7-9-19-22(14)16-11-15-12-21(13-16)17(23)20(15)4;1-17(2,3)25(4,5)24-9-7-13-6-8-18-20(13)14-10-15-12-19(11-14)16(22)21(15)23;1-14-10-6-11(8-15(7-10)12(14)18)16-9(3-5-17)2-4-13-16;1-4(2)3/h7-8,10,13,18H,1,9,11-12,14-15H2,2-6H3;7,9,11,15H,8,10,12-13H2,1-6H3;6,8,10,15,23H,7,9,11-12H2,1-5H3;2,4,6,10,17H,3,5,7-8H2,1H3;1-3H3/p+1. The molecule has 3 N–H and O–H groups in total. The molecule has 8 aliphatic heterocycles. The van der Waals surface area contributed by atoms with E-state index in [0.29, 0.717) is 72.1 Å². The third-order valence-electron chi connectivity index (χ3n) is 20.8. The van der Waals surface area contributed by atoms with Crippen molar-refractivity contribution in [2.45, 2.75) is 167 Å². The lowest BCUT2D eigenvalue weighted by Crippen LogP contribution is -3.02. The molecule has 12 heterocycles. The van der Waals surface area contributed by atoms with E-state index in [1.54, 1.807) is 38.1 Å². The average Bonchev–Trinajstić information content (AvgIpc) is 1.64. The van der Waals surface area contributed by atoms with Crippen molar-refractivity contribution in [1.29, 1.82) is 0 Å². The number of carbonyl (C=O) groups is 4. The van der Waals surface area contributed by atoms with Crippen LogP contribution in [0.25, 0.3) is 22.8 Å². The molecule has 8 aliphatic rings. The molecule has 4 fully saturated rings. The van der Waals surface area contributed by atoms with Gasteiger partial charge in [-0.2, -0.15) is 30.5 Å². The summed E-state index contributed by atoms with van der Waals surface area (Å²) in [4.78, 5) is 66.0. The highest BCUT2D eigenvalue weighted by Gasteiger charge is 2.45. The summed E-state index contributed by atoms with van der Waals surface area (Å²) in [6.45, 7) is 44.8. The predicted octanol–water partition coefficient (Wildman–Crippen LogP) is 8.13. The van der Waals surface area contributed by atoms with Gasteiger partial charge in [-0.1, -0.05) is 68.4 Å². The number of rotatable bonds is 21. The molecule has 100 heavy (non-hydrogen) atoms. The fourth-order valence-electron chi connectivity index (χ4n) is 11.8. The number of hydroxylamine groups is 4. The number of amides is 8. The van der Waals surface area contributed by atoms with Gasteiger partial charge in [0, 0.05) is 140 Å². The molecule has 4 saturated heterocycles. The first-order valence-electron chi connectivity index (χ1n) is 35.2. The van der Waals surface area contributed by atoms with Crippen LogP contribution in [0.4, 0.5) is 19.2 Å². The number of aliphatic hydroxyl groups excluding tert-OH is 1. The topological polar surface area (TPSA) is 247 Å². The van der Waals surface area contributed by atoms with Gasteiger partial charge >= 0.3 is 24.1 Å². The molecule has 4 atom stereocenters. The largest absolute Gasteiger partial charge is 0.416 e. The summed E-state index contributed by atoms with van der Waals surface area (Å²) in [5.41, 5.74) is 8.29. The Labute approximate surface area is 596 Å². The minimum Gasteiger partial charge on any atom is -0.416 e. The Morgan fingerprint density at radius 3 is 1.09 bits per heavy atom. The van der Waals surface area contributed by atoms with Crippen molar-refractivity contribution in [2.75, 3.05) is 121 Å². The normalized spacial score (nSPS) is 20.6. The first-order valence-corrected chi connectivity index (χ1v) is 43.9. The van der Waals surface area contributed by atoms with Gasteiger partial charge in [0.2, 0.25) is 0 Å². The summed E-state index contributed by atoms with van der Waals surface area (Å²) >= 11 is 0. The molecule has 8 bridgehead atoms. The second-order valence-corrected chi connectivity index (χ2v) is 46.4. The summed E-state index contributed by atoms with van der Waals surface area (Å²) in [6, 6.07) is 7.57. The van der Waals surface area contributed by atoms with E-state index in [2.05, 4.69) is 168 Å². The number of urea groups is 4. The molecule has 0 spiro atoms. The molecule has 8 amide bonds. The Balaban J connectivity index is 0.000000168. The molecule has 552 valence electrons. The molecule has 4 aromatic rings. The Hall–Kier alpha value is -7.01. The second kappa shape index (κ2) is 32.1. The number of hydrogen-bond acceptors (Lipinski definition) is 14. The van der Waals surface area contributed by atoms with Crippen LogP contribution in [0, 0.1) is 0 Å². The summed E-state index contributed by atoms with van der Waals surface area (Å²) in [5, 5.41) is 39.4. The van der Waals surface area contributed by atoms with Crippen LogP contribution < -0.4 is 4.90 Å². The highest BCUT2D eigenvalue weighted by atomic mass is 28.4. The van der Waals surface area contributed by atoms with Gasteiger partial charge in [0.05, 0.1) is 101 Å². The van der Waals surface area contributed by atoms with Crippen LogP contribution in [-0.2, 0) is 43.8 Å². The first kappa shape index (κ1) is 78.7. The van der Waals surface area contributed by atoms with Crippen molar-refractivity contribution in [2.24, 2.45) is 0 Å². The highest BCUT2D eigenvalue weighted by molar-refractivity contribution is 6.74. The van der Waals surface area contributed by atoms with Crippen LogP contribution in [0.15, 0.2) is 86.0 Å². The minimum absolute atomic E-state index is 0.0714. The number of carbonyl (C=O) groups excluding carboxylic acids is 4. The zero-order valence-corrected chi connectivity index (χ0v) is 66.4. The van der Waals surface area contributed by atoms with Crippen molar-refractivity contribution < 1.29 is 52.5 Å². The fourth-order valence-corrected chi connectivity index (χ4v) is 15.0. The van der Waals surface area contributed by atoms with Gasteiger partial charge in [-0.3, -0.25) is 10.0 Å². The number of fused-ring (bicyclic) bond motifs is 8. The maximum Gasteiger partial charge on any atom is 0.345 e. The number of quaternary nitrogens is 1. The van der Waals surface area contributed by atoms with Gasteiger partial charge in [-0.05, 0) is 103 Å². The quantitative estimate of drug-likeness (QED) is 0.0405. The third kappa shape index (κ3) is 18.4. The summed E-state index contributed by atoms with van der Waals surface area (Å²) < 4.78 is 26.5. The maximum absolute atomic E-state index is 12.5. The SMILES string of the molecule is C=CCON1C(=O)N2CC(n3nccc3CCO[Si](C)(C)C(C)(C)C)=CC1C2.CC(C)(C)[Si](C)(C)OCCc1ccnn1C1=CC2CN(C1)C(=O)N2O.CN1C(=O)N2CC(n3nccc3CCO)=CC1C2.CN1C(=O)N2CC(n3nccc3CCO[Si](C)(C)C(C)(C)C)=CC1C2.C[NH+](C)C. The van der Waals surface area contributed by atoms with Gasteiger partial charge in [-0.25, -0.2) is 37.9 Å². The zero-order valence-electron chi connectivity index (χ0n) is 63.4. The molecular weight excluding hydrogens is 1320 g/mol. The Kier molecular flexibility index (Phi) is 25.3. The van der Waals surface area contributed by atoms with E-state index in [9.17, 15) is 24.4 Å². The van der Waals surface area contributed by atoms with Gasteiger partial charge in [0.25, 0.3) is 0 Å². The summed E-state index contributed by atoms with van der Waals surface area (Å²) in [6.07, 6.45) is 20.0. The Morgan fingerprint density at radius 2 is 0.780 bits per heavy atom. The lowest BCUT2D eigenvalue weighted by molar-refractivity contribution is -0.836. The lowest BCUT2D eigenvalue weighted by atomic mass is 10.1. The zero-order chi connectivity index (χ0) is 73.6. The van der Waals surface area contributed by atoms with E-state index in [4.69, 9.17) is 23.2 Å². The van der Waals surface area contributed by atoms with E-state index >= 15 is 0 Å². The number of nitrogens with one attached hydrogen (secondary N) is 1. The highest BCUT2D eigenvalue weighted by Crippen LogP contribution is 2.39. The van der Waals surface area contributed by atoms with Crippen molar-refractivity contribution >= 4 is 71.9 Å². The maximum atomic E-state index is 12.5. The van der Waals surface area contributed by atoms with E-state index < -0.39 is 25.0 Å². The minimum atomic E-state index is -1.77. The number of likely N-dealkylation sites (N-methyl/N-ethyl adjacent to an activating group) is 2. The number of aliphatic hydroxyl groups is 1. The van der Waals surface area contributed by atoms with Crippen LogP contribution in [0.2, 0.25) is 54.4 Å². The van der Waals surface area contributed by atoms with E-state index in [1.165, 1.54) is 9.96 Å². The Bertz CT molecular complexity index is 3500. The van der Waals surface area contributed by atoms with Crippen molar-refractivity contribution in [1.82, 2.24) is 78.6 Å². The van der Waals surface area contributed by atoms with Crippen LogP contribution in [0.5, 0.6) is 0 Å².